The zero-order valence-corrected chi connectivity index (χ0v) is 15.9. The highest BCUT2D eigenvalue weighted by atomic mass is 32.1. The Balaban J connectivity index is 1.48. The number of thiophene rings is 1. The minimum atomic E-state index is -0.759. The van der Waals surface area contributed by atoms with E-state index in [-0.39, 0.29) is 11.5 Å². The van der Waals surface area contributed by atoms with E-state index in [1.807, 2.05) is 24.3 Å². The molecule has 0 unspecified atom stereocenters. The fourth-order valence-corrected chi connectivity index (χ4v) is 4.57. The molecule has 0 fully saturated rings. The fourth-order valence-electron chi connectivity index (χ4n) is 3.68. The van der Waals surface area contributed by atoms with E-state index in [0.29, 0.717) is 33.6 Å². The van der Waals surface area contributed by atoms with Crippen molar-refractivity contribution in [2.24, 2.45) is 0 Å². The van der Waals surface area contributed by atoms with E-state index in [2.05, 4.69) is 20.3 Å². The fraction of sp³-hybridized carbons (Fsp3) is 0.143. The number of aromatic nitrogens is 3. The van der Waals surface area contributed by atoms with Gasteiger partial charge in [0.15, 0.2) is 0 Å². The van der Waals surface area contributed by atoms with Gasteiger partial charge in [-0.05, 0) is 29.7 Å². The number of carbonyl (C=O) groups excluding carboxylic acids is 1. The molecule has 1 aromatic carbocycles. The van der Waals surface area contributed by atoms with Crippen LogP contribution in [0, 0.1) is 0 Å². The number of nitrogens with zero attached hydrogens (tertiary/aromatic N) is 2. The van der Waals surface area contributed by atoms with Crippen LogP contribution in [0.4, 0.5) is 0 Å². The van der Waals surface area contributed by atoms with Gasteiger partial charge in [0.05, 0.1) is 17.5 Å². The number of nitrogens with one attached hydrogen (secondary N) is 2. The Hall–Kier alpha value is -3.36. The second kappa shape index (κ2) is 6.91. The Morgan fingerprint density at radius 3 is 2.79 bits per heavy atom. The molecule has 0 aliphatic heterocycles. The number of benzene rings is 1. The number of amides is 1. The average molecular weight is 404 g/mol. The van der Waals surface area contributed by atoms with Crippen molar-refractivity contribution in [3.05, 3.63) is 80.5 Å². The maximum Gasteiger partial charge on any atom is 0.263 e. The molecule has 1 aliphatic carbocycles. The molecule has 29 heavy (non-hydrogen) atoms. The molecule has 5 rings (SSSR count). The Morgan fingerprint density at radius 2 is 2.00 bits per heavy atom. The Labute approximate surface area is 169 Å². The van der Waals surface area contributed by atoms with Gasteiger partial charge in [-0.1, -0.05) is 24.3 Å². The van der Waals surface area contributed by atoms with Crippen LogP contribution in [0.2, 0.25) is 0 Å². The molecule has 0 spiro atoms. The molecular weight excluding hydrogens is 388 g/mol. The van der Waals surface area contributed by atoms with E-state index in [1.54, 1.807) is 29.9 Å². The number of fused-ring (bicyclic) bond motifs is 2. The molecule has 1 amide bonds. The molecule has 3 heterocycles. The highest BCUT2D eigenvalue weighted by molar-refractivity contribution is 7.13. The second-order valence-corrected chi connectivity index (χ2v) is 7.78. The van der Waals surface area contributed by atoms with Crippen LogP contribution in [0.3, 0.4) is 0 Å². The van der Waals surface area contributed by atoms with E-state index in [0.717, 1.165) is 11.1 Å². The van der Waals surface area contributed by atoms with E-state index < -0.39 is 12.1 Å². The molecule has 0 radical (unpaired) electrons. The van der Waals surface area contributed by atoms with Gasteiger partial charge in [-0.3, -0.25) is 14.6 Å². The standard InChI is InChI=1S/C21H16N4O3S/c26-17-13-4-2-1-3-12(13)9-15(17)23-21(28)18-16-14(10-29-18)20(27)25-19(24-16)11-5-7-22-8-6-11/h1-8,10,15,17,26H,9H2,(H,23,28)(H,24,25,27)/t15-,17-/m0/s1. The summed E-state index contributed by atoms with van der Waals surface area (Å²) in [6.45, 7) is 0. The quantitative estimate of drug-likeness (QED) is 0.486. The zero-order valence-electron chi connectivity index (χ0n) is 15.1. The SMILES string of the molecule is O=C(N[C@H]1Cc2ccccc2[C@@H]1O)c1scc2c(=O)[nH]c(-c3ccncc3)nc12. The largest absolute Gasteiger partial charge is 0.386 e. The maximum absolute atomic E-state index is 13.0. The van der Waals surface area contributed by atoms with Crippen LogP contribution in [0.25, 0.3) is 22.3 Å². The van der Waals surface area contributed by atoms with Crippen molar-refractivity contribution >= 4 is 28.1 Å². The van der Waals surface area contributed by atoms with Gasteiger partial charge in [0.1, 0.15) is 16.2 Å². The van der Waals surface area contributed by atoms with E-state index >= 15 is 0 Å². The Morgan fingerprint density at radius 1 is 1.21 bits per heavy atom. The molecular formula is C21H16N4O3S. The first-order chi connectivity index (χ1) is 14.1. The number of pyridine rings is 1. The lowest BCUT2D eigenvalue weighted by atomic mass is 10.1. The normalized spacial score (nSPS) is 18.0. The highest BCUT2D eigenvalue weighted by Crippen LogP contribution is 2.32. The van der Waals surface area contributed by atoms with Crippen LogP contribution in [-0.4, -0.2) is 32.0 Å². The lowest BCUT2D eigenvalue weighted by Crippen LogP contribution is -2.37. The summed E-state index contributed by atoms with van der Waals surface area (Å²) in [5, 5.41) is 15.5. The van der Waals surface area contributed by atoms with Crippen molar-refractivity contribution in [1.29, 1.82) is 0 Å². The average Bonchev–Trinajstić information content (AvgIpc) is 3.31. The van der Waals surface area contributed by atoms with Gasteiger partial charge < -0.3 is 15.4 Å². The van der Waals surface area contributed by atoms with Gasteiger partial charge in [-0.25, -0.2) is 4.98 Å². The molecule has 4 aromatic rings. The highest BCUT2D eigenvalue weighted by Gasteiger charge is 2.32. The molecule has 0 saturated heterocycles. The van der Waals surface area contributed by atoms with Crippen LogP contribution in [-0.2, 0) is 6.42 Å². The van der Waals surface area contributed by atoms with Crippen molar-refractivity contribution in [3.8, 4) is 11.4 Å². The summed E-state index contributed by atoms with van der Waals surface area (Å²) in [7, 11) is 0. The van der Waals surface area contributed by atoms with Gasteiger partial charge in [0.25, 0.3) is 11.5 Å². The van der Waals surface area contributed by atoms with Gasteiger partial charge in [-0.2, -0.15) is 0 Å². The van der Waals surface area contributed by atoms with Crippen molar-refractivity contribution in [2.45, 2.75) is 18.6 Å². The first-order valence-corrected chi connectivity index (χ1v) is 9.98. The van der Waals surface area contributed by atoms with Crippen molar-refractivity contribution in [3.63, 3.8) is 0 Å². The van der Waals surface area contributed by atoms with Gasteiger partial charge in [0.2, 0.25) is 0 Å². The number of aliphatic hydroxyl groups excluding tert-OH is 1. The van der Waals surface area contributed by atoms with E-state index in [1.165, 1.54) is 11.3 Å². The number of aliphatic hydroxyl groups is 1. The third kappa shape index (κ3) is 3.02. The third-order valence-corrected chi connectivity index (χ3v) is 6.10. The maximum atomic E-state index is 13.0. The predicted octanol–water partition coefficient (Wildman–Crippen LogP) is 2.43. The molecule has 3 aromatic heterocycles. The first kappa shape index (κ1) is 17.7. The lowest BCUT2D eigenvalue weighted by Gasteiger charge is -2.16. The third-order valence-electron chi connectivity index (χ3n) is 5.14. The predicted molar refractivity (Wildman–Crippen MR) is 110 cm³/mol. The van der Waals surface area contributed by atoms with Crippen LogP contribution in [0.5, 0.6) is 0 Å². The number of hydrogen-bond donors (Lipinski definition) is 3. The van der Waals surface area contributed by atoms with Crippen LogP contribution >= 0.6 is 11.3 Å². The molecule has 2 atom stereocenters. The molecule has 8 heteroatoms. The smallest absolute Gasteiger partial charge is 0.263 e. The monoisotopic (exact) mass is 404 g/mol. The molecule has 0 saturated carbocycles. The number of rotatable bonds is 3. The minimum Gasteiger partial charge on any atom is -0.386 e. The second-order valence-electron chi connectivity index (χ2n) is 6.91. The lowest BCUT2D eigenvalue weighted by molar-refractivity contribution is 0.0864. The summed E-state index contributed by atoms with van der Waals surface area (Å²) in [5.41, 5.74) is 2.62. The summed E-state index contributed by atoms with van der Waals surface area (Å²) in [5.74, 6) is 0.0336. The van der Waals surface area contributed by atoms with Crippen LogP contribution in [0.1, 0.15) is 26.9 Å². The van der Waals surface area contributed by atoms with Crippen molar-refractivity contribution < 1.29 is 9.90 Å². The van der Waals surface area contributed by atoms with Gasteiger partial charge in [0, 0.05) is 23.3 Å². The van der Waals surface area contributed by atoms with E-state index in [4.69, 9.17) is 0 Å². The number of H-pyrrole nitrogens is 1. The summed E-state index contributed by atoms with van der Waals surface area (Å²) in [4.78, 5) is 37.0. The molecule has 0 bridgehead atoms. The van der Waals surface area contributed by atoms with Crippen LogP contribution in [0.15, 0.2) is 59.0 Å². The summed E-state index contributed by atoms with van der Waals surface area (Å²) in [6, 6.07) is 10.7. The van der Waals surface area contributed by atoms with Gasteiger partial charge >= 0.3 is 0 Å². The van der Waals surface area contributed by atoms with Crippen molar-refractivity contribution in [1.82, 2.24) is 20.3 Å². The molecule has 3 N–H and O–H groups in total. The molecule has 1 aliphatic rings. The topological polar surface area (TPSA) is 108 Å². The van der Waals surface area contributed by atoms with Crippen molar-refractivity contribution in [2.75, 3.05) is 0 Å². The molecule has 144 valence electrons. The Kier molecular flexibility index (Phi) is 4.22. The first-order valence-electron chi connectivity index (χ1n) is 9.10. The Bertz CT molecular complexity index is 1280. The van der Waals surface area contributed by atoms with E-state index in [9.17, 15) is 14.7 Å². The molecule has 7 nitrogen and oxygen atoms in total. The number of carbonyl (C=O) groups is 1. The summed E-state index contributed by atoms with van der Waals surface area (Å²) in [6.07, 6.45) is 3.02. The van der Waals surface area contributed by atoms with Crippen LogP contribution < -0.4 is 10.9 Å². The number of aromatic amines is 1. The minimum absolute atomic E-state index is 0.301. The summed E-state index contributed by atoms with van der Waals surface area (Å²) < 4.78 is 0. The number of hydrogen-bond acceptors (Lipinski definition) is 6. The summed E-state index contributed by atoms with van der Waals surface area (Å²) >= 11 is 1.17. The zero-order chi connectivity index (χ0) is 20.0. The van der Waals surface area contributed by atoms with Gasteiger partial charge in [-0.15, -0.1) is 11.3 Å².